The van der Waals surface area contributed by atoms with Crippen LogP contribution < -0.4 is 20.7 Å². The van der Waals surface area contributed by atoms with E-state index < -0.39 is 0 Å². The highest BCUT2D eigenvalue weighted by Gasteiger charge is 2.19. The Morgan fingerprint density at radius 3 is 3.04 bits per heavy atom. The molecule has 7 heteroatoms. The lowest BCUT2D eigenvalue weighted by atomic mass is 10.0. The zero-order chi connectivity index (χ0) is 17.8. The molecule has 0 aliphatic carbocycles. The Hall–Kier alpha value is -3.09. The summed E-state index contributed by atoms with van der Waals surface area (Å²) in [6, 6.07) is 8.89. The number of fused-ring (bicyclic) bond motifs is 1. The number of urea groups is 1. The molecule has 2 aromatic rings. The number of pyridine rings is 1. The normalized spacial score (nSPS) is 13.6. The molecule has 1 atom stereocenters. The maximum absolute atomic E-state index is 12.1. The Labute approximate surface area is 145 Å². The van der Waals surface area contributed by atoms with Gasteiger partial charge in [0.1, 0.15) is 0 Å². The van der Waals surface area contributed by atoms with Gasteiger partial charge in [-0.05, 0) is 30.2 Å². The van der Waals surface area contributed by atoms with E-state index in [1.807, 2.05) is 31.2 Å². The molecule has 1 aromatic heterocycles. The van der Waals surface area contributed by atoms with Crippen LogP contribution in [-0.2, 0) is 17.8 Å². The summed E-state index contributed by atoms with van der Waals surface area (Å²) in [6.45, 7) is 2.22. The minimum absolute atomic E-state index is 0.00377. The van der Waals surface area contributed by atoms with Crippen LogP contribution in [0.1, 0.15) is 29.7 Å². The minimum Gasteiger partial charge on any atom is -0.481 e. The minimum atomic E-state index is -0.284. The first-order valence-corrected chi connectivity index (χ1v) is 8.01. The topological polar surface area (TPSA) is 92.3 Å². The van der Waals surface area contributed by atoms with Gasteiger partial charge in [0.25, 0.3) is 0 Å². The van der Waals surface area contributed by atoms with Crippen LogP contribution in [0.3, 0.4) is 0 Å². The summed E-state index contributed by atoms with van der Waals surface area (Å²) in [6.07, 6.45) is 2.01. The third-order valence-corrected chi connectivity index (χ3v) is 4.08. The summed E-state index contributed by atoms with van der Waals surface area (Å²) in [5.41, 5.74) is 3.55. The average molecular weight is 340 g/mol. The van der Waals surface area contributed by atoms with E-state index in [2.05, 4.69) is 20.9 Å². The fourth-order valence-corrected chi connectivity index (χ4v) is 2.77. The summed E-state index contributed by atoms with van der Waals surface area (Å²) in [7, 11) is 1.54. The standard InChI is InChI=1S/C18H20N4O3/c1-11(12-5-6-15-14(8-12)9-16(23)22-15)21-18(24)20-10-13-4-3-7-19-17(13)25-2/h3-8,11H,9-10H2,1-2H3,(H,22,23)(H2,20,21,24)/t11-/m1/s1. The molecule has 0 bridgehead atoms. The second-order valence-electron chi connectivity index (χ2n) is 5.86. The number of ether oxygens (including phenoxy) is 1. The number of carbonyl (C=O) groups is 2. The van der Waals surface area contributed by atoms with Crippen LogP contribution in [-0.4, -0.2) is 24.0 Å². The van der Waals surface area contributed by atoms with Crippen molar-refractivity contribution in [2.45, 2.75) is 25.9 Å². The highest BCUT2D eigenvalue weighted by atomic mass is 16.5. The molecule has 3 rings (SSSR count). The van der Waals surface area contributed by atoms with E-state index in [1.165, 1.54) is 0 Å². The highest BCUT2D eigenvalue weighted by molar-refractivity contribution is 5.99. The third-order valence-electron chi connectivity index (χ3n) is 4.08. The first kappa shape index (κ1) is 16.8. The fourth-order valence-electron chi connectivity index (χ4n) is 2.77. The van der Waals surface area contributed by atoms with Gasteiger partial charge in [-0.3, -0.25) is 4.79 Å². The van der Waals surface area contributed by atoms with Crippen LogP contribution in [0.25, 0.3) is 0 Å². The number of methoxy groups -OCH3 is 1. The van der Waals surface area contributed by atoms with Gasteiger partial charge >= 0.3 is 6.03 Å². The van der Waals surface area contributed by atoms with Crippen LogP contribution in [0, 0.1) is 0 Å². The van der Waals surface area contributed by atoms with Crippen molar-refractivity contribution in [3.8, 4) is 5.88 Å². The number of amides is 3. The number of hydrogen-bond donors (Lipinski definition) is 3. The molecular formula is C18H20N4O3. The van der Waals surface area contributed by atoms with E-state index in [0.717, 1.165) is 22.4 Å². The van der Waals surface area contributed by atoms with Gasteiger partial charge in [0.2, 0.25) is 11.8 Å². The van der Waals surface area contributed by atoms with E-state index in [-0.39, 0.29) is 18.0 Å². The average Bonchev–Trinajstić information content (AvgIpc) is 2.99. The van der Waals surface area contributed by atoms with Crippen LogP contribution in [0.2, 0.25) is 0 Å². The predicted octanol–water partition coefficient (Wildman–Crippen LogP) is 2.15. The van der Waals surface area contributed by atoms with Crippen molar-refractivity contribution in [2.75, 3.05) is 12.4 Å². The molecule has 3 N–H and O–H groups in total. The second kappa shape index (κ2) is 7.21. The van der Waals surface area contributed by atoms with Crippen LogP contribution in [0.5, 0.6) is 5.88 Å². The Bertz CT molecular complexity index is 807. The maximum Gasteiger partial charge on any atom is 0.315 e. The van der Waals surface area contributed by atoms with Crippen molar-refractivity contribution in [3.63, 3.8) is 0 Å². The van der Waals surface area contributed by atoms with Gasteiger partial charge < -0.3 is 20.7 Å². The Morgan fingerprint density at radius 2 is 2.24 bits per heavy atom. The zero-order valence-electron chi connectivity index (χ0n) is 14.1. The van der Waals surface area contributed by atoms with E-state index in [0.29, 0.717) is 18.8 Å². The van der Waals surface area contributed by atoms with Gasteiger partial charge in [0, 0.05) is 24.0 Å². The molecule has 2 heterocycles. The zero-order valence-corrected chi connectivity index (χ0v) is 14.1. The lowest BCUT2D eigenvalue weighted by molar-refractivity contribution is -0.115. The molecular weight excluding hydrogens is 320 g/mol. The molecule has 1 aromatic carbocycles. The lowest BCUT2D eigenvalue weighted by Crippen LogP contribution is -2.36. The van der Waals surface area contributed by atoms with Gasteiger partial charge in [-0.15, -0.1) is 0 Å². The molecule has 0 spiro atoms. The number of nitrogens with one attached hydrogen (secondary N) is 3. The van der Waals surface area contributed by atoms with Crippen molar-refractivity contribution >= 4 is 17.6 Å². The van der Waals surface area contributed by atoms with Gasteiger partial charge in [-0.1, -0.05) is 18.2 Å². The van der Waals surface area contributed by atoms with Gasteiger partial charge in [-0.25, -0.2) is 9.78 Å². The molecule has 130 valence electrons. The Kier molecular flexibility index (Phi) is 4.83. The molecule has 25 heavy (non-hydrogen) atoms. The number of nitrogens with zero attached hydrogens (tertiary/aromatic N) is 1. The molecule has 7 nitrogen and oxygen atoms in total. The number of hydrogen-bond acceptors (Lipinski definition) is 4. The molecule has 3 amide bonds. The first-order chi connectivity index (χ1) is 12.1. The van der Waals surface area contributed by atoms with Gasteiger partial charge in [0.05, 0.1) is 19.6 Å². The Morgan fingerprint density at radius 1 is 1.40 bits per heavy atom. The van der Waals surface area contributed by atoms with Crippen molar-refractivity contribution in [3.05, 3.63) is 53.2 Å². The molecule has 0 radical (unpaired) electrons. The van der Waals surface area contributed by atoms with Gasteiger partial charge in [0.15, 0.2) is 0 Å². The van der Waals surface area contributed by atoms with Gasteiger partial charge in [-0.2, -0.15) is 0 Å². The monoisotopic (exact) mass is 340 g/mol. The third kappa shape index (κ3) is 3.88. The SMILES string of the molecule is COc1ncccc1CNC(=O)N[C@H](C)c1ccc2c(c1)CC(=O)N2. The van der Waals surface area contributed by atoms with E-state index in [1.54, 1.807) is 19.4 Å². The first-order valence-electron chi connectivity index (χ1n) is 8.01. The van der Waals surface area contributed by atoms with Crippen LogP contribution in [0.15, 0.2) is 36.5 Å². The van der Waals surface area contributed by atoms with E-state index in [4.69, 9.17) is 4.74 Å². The van der Waals surface area contributed by atoms with Crippen LogP contribution in [0.4, 0.5) is 10.5 Å². The smallest absolute Gasteiger partial charge is 0.315 e. The number of aromatic nitrogens is 1. The molecule has 1 aliphatic heterocycles. The molecule has 0 saturated heterocycles. The van der Waals surface area contributed by atoms with Crippen molar-refractivity contribution in [1.82, 2.24) is 15.6 Å². The maximum atomic E-state index is 12.1. The lowest BCUT2D eigenvalue weighted by Gasteiger charge is -2.16. The number of benzene rings is 1. The number of rotatable bonds is 5. The number of carbonyl (C=O) groups excluding carboxylic acids is 2. The van der Waals surface area contributed by atoms with Crippen molar-refractivity contribution < 1.29 is 14.3 Å². The quantitative estimate of drug-likeness (QED) is 0.777. The molecule has 0 unspecified atom stereocenters. The molecule has 0 saturated carbocycles. The summed E-state index contributed by atoms with van der Waals surface area (Å²) in [4.78, 5) is 27.7. The van der Waals surface area contributed by atoms with Crippen molar-refractivity contribution in [1.29, 1.82) is 0 Å². The predicted molar refractivity (Wildman–Crippen MR) is 93.4 cm³/mol. The van der Waals surface area contributed by atoms with E-state index in [9.17, 15) is 9.59 Å². The largest absolute Gasteiger partial charge is 0.481 e. The summed E-state index contributed by atoms with van der Waals surface area (Å²) in [5, 5.41) is 8.48. The molecule has 0 fully saturated rings. The fraction of sp³-hybridized carbons (Fsp3) is 0.278. The molecule has 1 aliphatic rings. The summed E-state index contributed by atoms with van der Waals surface area (Å²) >= 11 is 0. The second-order valence-corrected chi connectivity index (χ2v) is 5.86. The van der Waals surface area contributed by atoms with Crippen molar-refractivity contribution in [2.24, 2.45) is 0 Å². The van der Waals surface area contributed by atoms with Crippen LogP contribution >= 0.6 is 0 Å². The summed E-state index contributed by atoms with van der Waals surface area (Å²) < 4.78 is 5.16. The van der Waals surface area contributed by atoms with E-state index >= 15 is 0 Å². The number of anilines is 1. The summed E-state index contributed by atoms with van der Waals surface area (Å²) in [5.74, 6) is 0.488. The Balaban J connectivity index is 1.58. The highest BCUT2D eigenvalue weighted by Crippen LogP contribution is 2.26.